The summed E-state index contributed by atoms with van der Waals surface area (Å²) in [6.07, 6.45) is 3.74. The van der Waals surface area contributed by atoms with Crippen LogP contribution in [0, 0.1) is 5.92 Å². The van der Waals surface area contributed by atoms with Crippen molar-refractivity contribution in [3.8, 4) is 0 Å². The van der Waals surface area contributed by atoms with Crippen LogP contribution in [0.2, 0.25) is 0 Å². The number of anilines is 1. The van der Waals surface area contributed by atoms with E-state index in [2.05, 4.69) is 33.8 Å². The fourth-order valence-electron chi connectivity index (χ4n) is 2.42. The molecule has 0 bridgehead atoms. The lowest BCUT2D eigenvalue weighted by Crippen LogP contribution is -2.32. The second-order valence-electron chi connectivity index (χ2n) is 5.22. The van der Waals surface area contributed by atoms with E-state index in [9.17, 15) is 5.11 Å². The molecule has 0 spiro atoms. The summed E-state index contributed by atoms with van der Waals surface area (Å²) in [5.41, 5.74) is 2.21. The molecule has 3 heteroatoms. The fraction of sp³-hybridized carbons (Fsp3) is 0.600. The fourth-order valence-corrected chi connectivity index (χ4v) is 3.07. The van der Waals surface area contributed by atoms with Crippen molar-refractivity contribution in [2.75, 3.05) is 18.0 Å². The molecule has 1 aromatic rings. The number of benzene rings is 1. The van der Waals surface area contributed by atoms with Gasteiger partial charge in [0, 0.05) is 17.6 Å². The number of hydrogen-bond acceptors (Lipinski definition) is 2. The Bertz CT molecular complexity index is 401. The summed E-state index contributed by atoms with van der Waals surface area (Å²) < 4.78 is 1.09. The normalized spacial score (nSPS) is 17.3. The Morgan fingerprint density at radius 2 is 2.17 bits per heavy atom. The topological polar surface area (TPSA) is 23.5 Å². The summed E-state index contributed by atoms with van der Waals surface area (Å²) in [4.78, 5) is 2.43. The van der Waals surface area contributed by atoms with Crippen molar-refractivity contribution in [1.29, 1.82) is 0 Å². The number of aliphatic hydroxyl groups is 1. The molecule has 1 N–H and O–H groups in total. The zero-order valence-electron chi connectivity index (χ0n) is 11.2. The third-order valence-corrected chi connectivity index (χ3v) is 4.52. The van der Waals surface area contributed by atoms with Crippen LogP contribution in [0.4, 0.5) is 5.69 Å². The van der Waals surface area contributed by atoms with Crippen LogP contribution in [0.3, 0.4) is 0 Å². The van der Waals surface area contributed by atoms with Gasteiger partial charge >= 0.3 is 0 Å². The van der Waals surface area contributed by atoms with Crippen LogP contribution in [0.25, 0.3) is 0 Å². The van der Waals surface area contributed by atoms with Crippen molar-refractivity contribution in [3.63, 3.8) is 0 Å². The second-order valence-corrected chi connectivity index (χ2v) is 6.08. The van der Waals surface area contributed by atoms with E-state index in [-0.39, 0.29) is 0 Å². The van der Waals surface area contributed by atoms with Crippen molar-refractivity contribution in [3.05, 3.63) is 28.2 Å². The molecule has 0 amide bonds. The molecule has 18 heavy (non-hydrogen) atoms. The minimum Gasteiger partial charge on any atom is -0.389 e. The number of aliphatic hydroxyl groups excluding tert-OH is 1. The highest BCUT2D eigenvalue weighted by Gasteiger charge is 2.21. The Hall–Kier alpha value is -0.540. The molecule has 1 aliphatic carbocycles. The van der Waals surface area contributed by atoms with Crippen LogP contribution in [0.15, 0.2) is 22.7 Å². The predicted molar refractivity (Wildman–Crippen MR) is 80.0 cm³/mol. The summed E-state index contributed by atoms with van der Waals surface area (Å²) >= 11 is 3.63. The van der Waals surface area contributed by atoms with Gasteiger partial charge in [-0.05, 0) is 66.2 Å². The quantitative estimate of drug-likeness (QED) is 0.884. The average molecular weight is 312 g/mol. The maximum absolute atomic E-state index is 9.59. The van der Waals surface area contributed by atoms with Crippen molar-refractivity contribution in [1.82, 2.24) is 0 Å². The lowest BCUT2D eigenvalue weighted by atomic mass is 9.85. The molecule has 2 nitrogen and oxygen atoms in total. The zero-order valence-corrected chi connectivity index (χ0v) is 12.8. The molecular weight excluding hydrogens is 290 g/mol. The van der Waals surface area contributed by atoms with Gasteiger partial charge in [-0.3, -0.25) is 0 Å². The molecule has 0 radical (unpaired) electrons. The van der Waals surface area contributed by atoms with E-state index in [1.165, 1.54) is 24.9 Å². The van der Waals surface area contributed by atoms with Gasteiger partial charge < -0.3 is 10.0 Å². The maximum atomic E-state index is 9.59. The molecule has 0 unspecified atom stereocenters. The molecule has 0 aromatic heterocycles. The first-order valence-corrected chi connectivity index (χ1v) is 7.63. The minimum absolute atomic E-state index is 0.406. The first kappa shape index (κ1) is 13.9. The van der Waals surface area contributed by atoms with Gasteiger partial charge in [-0.1, -0.05) is 12.5 Å². The predicted octanol–water partition coefficient (Wildman–Crippen LogP) is 4.13. The maximum Gasteiger partial charge on any atom is 0.0762 e. The summed E-state index contributed by atoms with van der Waals surface area (Å²) in [6, 6.07) is 6.17. The number of rotatable bonds is 5. The standard InChI is InChI=1S/C15H22BrNO/c1-3-17(10-12-5-4-6-12)15-8-7-13(11(2)18)9-14(15)16/h7-9,11-12,18H,3-6,10H2,1-2H3/t11-/m1/s1. The Balaban J connectivity index is 2.14. The van der Waals surface area contributed by atoms with E-state index in [4.69, 9.17) is 0 Å². The molecule has 1 aromatic carbocycles. The monoisotopic (exact) mass is 311 g/mol. The van der Waals surface area contributed by atoms with Gasteiger partial charge in [0.25, 0.3) is 0 Å². The van der Waals surface area contributed by atoms with Gasteiger partial charge in [0.05, 0.1) is 11.8 Å². The number of halogens is 1. The summed E-state index contributed by atoms with van der Waals surface area (Å²) in [6.45, 7) is 6.19. The Labute approximate surface area is 118 Å². The number of nitrogens with zero attached hydrogens (tertiary/aromatic N) is 1. The van der Waals surface area contributed by atoms with E-state index in [1.54, 1.807) is 6.92 Å². The van der Waals surface area contributed by atoms with Crippen LogP contribution in [0.5, 0.6) is 0 Å². The smallest absolute Gasteiger partial charge is 0.0762 e. The largest absolute Gasteiger partial charge is 0.389 e. The van der Waals surface area contributed by atoms with E-state index in [1.807, 2.05) is 12.1 Å². The van der Waals surface area contributed by atoms with Crippen molar-refractivity contribution in [2.24, 2.45) is 5.92 Å². The third-order valence-electron chi connectivity index (χ3n) is 3.88. The highest BCUT2D eigenvalue weighted by atomic mass is 79.9. The molecule has 1 aliphatic rings. The Kier molecular flexibility index (Phi) is 4.68. The minimum atomic E-state index is -0.406. The van der Waals surface area contributed by atoms with Crippen molar-refractivity contribution >= 4 is 21.6 Å². The molecule has 100 valence electrons. The van der Waals surface area contributed by atoms with E-state index < -0.39 is 6.10 Å². The molecule has 0 aliphatic heterocycles. The van der Waals surface area contributed by atoms with E-state index in [0.29, 0.717) is 0 Å². The Morgan fingerprint density at radius 3 is 2.61 bits per heavy atom. The second kappa shape index (κ2) is 6.07. The Morgan fingerprint density at radius 1 is 1.44 bits per heavy atom. The lowest BCUT2D eigenvalue weighted by molar-refractivity contribution is 0.199. The van der Waals surface area contributed by atoms with Crippen LogP contribution >= 0.6 is 15.9 Å². The summed E-state index contributed by atoms with van der Waals surface area (Å²) in [5.74, 6) is 0.869. The highest BCUT2D eigenvalue weighted by molar-refractivity contribution is 9.10. The first-order valence-electron chi connectivity index (χ1n) is 6.84. The van der Waals surface area contributed by atoms with Gasteiger partial charge in [-0.15, -0.1) is 0 Å². The van der Waals surface area contributed by atoms with Crippen LogP contribution in [-0.4, -0.2) is 18.2 Å². The number of hydrogen-bond donors (Lipinski definition) is 1. The molecule has 2 rings (SSSR count). The summed E-state index contributed by atoms with van der Waals surface area (Å²) in [5, 5.41) is 9.59. The van der Waals surface area contributed by atoms with Gasteiger partial charge in [0.15, 0.2) is 0 Å². The molecule has 0 heterocycles. The van der Waals surface area contributed by atoms with Gasteiger partial charge in [0.1, 0.15) is 0 Å². The molecule has 1 fully saturated rings. The third kappa shape index (κ3) is 3.07. The van der Waals surface area contributed by atoms with Crippen molar-refractivity contribution in [2.45, 2.75) is 39.2 Å². The highest BCUT2D eigenvalue weighted by Crippen LogP contribution is 2.33. The average Bonchev–Trinajstić information content (AvgIpc) is 2.29. The van der Waals surface area contributed by atoms with E-state index in [0.717, 1.165) is 29.0 Å². The zero-order chi connectivity index (χ0) is 13.1. The summed E-state index contributed by atoms with van der Waals surface area (Å²) in [7, 11) is 0. The van der Waals surface area contributed by atoms with Crippen molar-refractivity contribution < 1.29 is 5.11 Å². The SMILES string of the molecule is CCN(CC1CCC1)c1ccc([C@@H](C)O)cc1Br. The van der Waals surface area contributed by atoms with Crippen LogP contribution < -0.4 is 4.90 Å². The van der Waals surface area contributed by atoms with Crippen LogP contribution in [-0.2, 0) is 0 Å². The lowest BCUT2D eigenvalue weighted by Gasteiger charge is -2.33. The van der Waals surface area contributed by atoms with Gasteiger partial charge in [0.2, 0.25) is 0 Å². The first-order chi connectivity index (χ1) is 8.61. The van der Waals surface area contributed by atoms with Crippen LogP contribution in [0.1, 0.15) is 44.8 Å². The van der Waals surface area contributed by atoms with Gasteiger partial charge in [-0.25, -0.2) is 0 Å². The molecule has 1 atom stereocenters. The molecule has 0 saturated heterocycles. The van der Waals surface area contributed by atoms with Gasteiger partial charge in [-0.2, -0.15) is 0 Å². The van der Waals surface area contributed by atoms with E-state index >= 15 is 0 Å². The molecule has 1 saturated carbocycles. The molecular formula is C15H22BrNO.